The first-order valence-electron chi connectivity index (χ1n) is 5.32. The lowest BCUT2D eigenvalue weighted by Gasteiger charge is -2.08. The van der Waals surface area contributed by atoms with Gasteiger partial charge in [0.25, 0.3) is 0 Å². The summed E-state index contributed by atoms with van der Waals surface area (Å²) in [6, 6.07) is 1.88. The van der Waals surface area contributed by atoms with Crippen LogP contribution in [0.25, 0.3) is 0 Å². The van der Waals surface area contributed by atoms with E-state index in [1.54, 1.807) is 15.6 Å². The summed E-state index contributed by atoms with van der Waals surface area (Å²) in [6.07, 6.45) is 2.88. The van der Waals surface area contributed by atoms with Crippen molar-refractivity contribution < 1.29 is 5.11 Å². The Balaban J connectivity index is 2.31. The van der Waals surface area contributed by atoms with E-state index < -0.39 is 6.10 Å². The highest BCUT2D eigenvalue weighted by Crippen LogP contribution is 2.21. The van der Waals surface area contributed by atoms with Crippen molar-refractivity contribution in [3.05, 3.63) is 35.4 Å². The Hall–Kier alpha value is -1.62. The molecule has 0 aliphatic heterocycles. The van der Waals surface area contributed by atoms with E-state index in [-0.39, 0.29) is 0 Å². The second kappa shape index (κ2) is 4.09. The van der Waals surface area contributed by atoms with Crippen LogP contribution in [0.2, 0.25) is 0 Å². The summed E-state index contributed by atoms with van der Waals surface area (Å²) in [6.45, 7) is 4.72. The van der Waals surface area contributed by atoms with Crippen LogP contribution in [-0.2, 0) is 13.6 Å². The predicted molar refractivity (Wildman–Crippen MR) is 59.9 cm³/mol. The van der Waals surface area contributed by atoms with Gasteiger partial charge in [0.15, 0.2) is 0 Å². The van der Waals surface area contributed by atoms with Crippen LogP contribution in [0.4, 0.5) is 0 Å². The van der Waals surface area contributed by atoms with Crippen molar-refractivity contribution in [1.82, 2.24) is 19.6 Å². The second-order valence-corrected chi connectivity index (χ2v) is 3.87. The first-order chi connectivity index (χ1) is 7.61. The summed E-state index contributed by atoms with van der Waals surface area (Å²) in [5.74, 6) is 0. The van der Waals surface area contributed by atoms with Gasteiger partial charge in [0.1, 0.15) is 6.10 Å². The van der Waals surface area contributed by atoms with Crippen LogP contribution < -0.4 is 0 Å². The Kier molecular flexibility index (Phi) is 2.78. The van der Waals surface area contributed by atoms with Crippen molar-refractivity contribution in [2.75, 3.05) is 0 Å². The molecule has 0 aliphatic rings. The van der Waals surface area contributed by atoms with Crippen molar-refractivity contribution in [3.63, 3.8) is 0 Å². The first-order valence-corrected chi connectivity index (χ1v) is 5.32. The van der Waals surface area contributed by atoms with Crippen molar-refractivity contribution >= 4 is 0 Å². The maximum atomic E-state index is 10.2. The maximum Gasteiger partial charge on any atom is 0.124 e. The van der Waals surface area contributed by atoms with E-state index in [2.05, 4.69) is 10.2 Å². The molecular formula is C11H16N4O. The topological polar surface area (TPSA) is 55.9 Å². The van der Waals surface area contributed by atoms with Crippen LogP contribution in [0, 0.1) is 6.92 Å². The summed E-state index contributed by atoms with van der Waals surface area (Å²) >= 11 is 0. The van der Waals surface area contributed by atoms with E-state index in [9.17, 15) is 5.11 Å². The summed E-state index contributed by atoms with van der Waals surface area (Å²) in [4.78, 5) is 0. The number of nitrogens with zero attached hydrogens (tertiary/aromatic N) is 4. The van der Waals surface area contributed by atoms with Crippen LogP contribution in [0.15, 0.2) is 18.5 Å². The fraction of sp³-hybridized carbons (Fsp3) is 0.455. The molecule has 5 heteroatoms. The molecule has 2 rings (SSSR count). The normalized spacial score (nSPS) is 13.0. The minimum Gasteiger partial charge on any atom is -0.382 e. The zero-order valence-electron chi connectivity index (χ0n) is 9.75. The van der Waals surface area contributed by atoms with E-state index in [1.807, 2.05) is 33.2 Å². The van der Waals surface area contributed by atoms with Gasteiger partial charge in [-0.15, -0.1) is 0 Å². The van der Waals surface area contributed by atoms with Gasteiger partial charge in [0.05, 0.1) is 17.6 Å². The van der Waals surface area contributed by atoms with Crippen LogP contribution >= 0.6 is 0 Å². The van der Waals surface area contributed by atoms with Gasteiger partial charge in [-0.05, 0) is 19.9 Å². The predicted octanol–water partition coefficient (Wildman–Crippen LogP) is 1.03. The lowest BCUT2D eigenvalue weighted by Crippen LogP contribution is -2.05. The molecule has 0 saturated heterocycles. The van der Waals surface area contributed by atoms with E-state index in [1.165, 1.54) is 0 Å². The lowest BCUT2D eigenvalue weighted by molar-refractivity contribution is 0.209. The van der Waals surface area contributed by atoms with Gasteiger partial charge in [-0.3, -0.25) is 9.36 Å². The number of aromatic nitrogens is 4. The smallest absolute Gasteiger partial charge is 0.124 e. The number of rotatable bonds is 3. The van der Waals surface area contributed by atoms with E-state index in [4.69, 9.17) is 0 Å². The third-order valence-electron chi connectivity index (χ3n) is 2.61. The second-order valence-electron chi connectivity index (χ2n) is 3.87. The Labute approximate surface area is 94.3 Å². The molecule has 0 bridgehead atoms. The Morgan fingerprint density at radius 2 is 2.25 bits per heavy atom. The molecule has 2 aromatic heterocycles. The van der Waals surface area contributed by atoms with Crippen LogP contribution in [0.3, 0.4) is 0 Å². The molecule has 0 amide bonds. The fourth-order valence-electron chi connectivity index (χ4n) is 1.75. The molecule has 1 N–H and O–H groups in total. The lowest BCUT2D eigenvalue weighted by atomic mass is 10.1. The molecule has 5 nitrogen and oxygen atoms in total. The molecule has 0 fully saturated rings. The van der Waals surface area contributed by atoms with Gasteiger partial charge < -0.3 is 5.11 Å². The minimum absolute atomic E-state index is 0.661. The molecular weight excluding hydrogens is 204 g/mol. The zero-order valence-corrected chi connectivity index (χ0v) is 9.75. The molecule has 0 aromatic carbocycles. The molecule has 86 valence electrons. The van der Waals surface area contributed by atoms with Crippen molar-refractivity contribution in [2.24, 2.45) is 7.05 Å². The Morgan fingerprint density at radius 1 is 1.50 bits per heavy atom. The van der Waals surface area contributed by atoms with Crippen LogP contribution in [0.5, 0.6) is 0 Å². The van der Waals surface area contributed by atoms with Crippen molar-refractivity contribution in [3.8, 4) is 0 Å². The highest BCUT2D eigenvalue weighted by atomic mass is 16.3. The van der Waals surface area contributed by atoms with Gasteiger partial charge >= 0.3 is 0 Å². The average Bonchev–Trinajstić information content (AvgIpc) is 2.84. The summed E-state index contributed by atoms with van der Waals surface area (Å²) in [5.41, 5.74) is 2.48. The van der Waals surface area contributed by atoms with Gasteiger partial charge in [0, 0.05) is 25.4 Å². The molecule has 0 spiro atoms. The number of aryl methyl sites for hydroxylation is 3. The fourth-order valence-corrected chi connectivity index (χ4v) is 1.75. The monoisotopic (exact) mass is 220 g/mol. The van der Waals surface area contributed by atoms with E-state index >= 15 is 0 Å². The van der Waals surface area contributed by atoms with Gasteiger partial charge in [-0.2, -0.15) is 10.2 Å². The third kappa shape index (κ3) is 1.86. The molecule has 2 aromatic rings. The summed E-state index contributed by atoms with van der Waals surface area (Å²) in [7, 11) is 1.83. The molecule has 16 heavy (non-hydrogen) atoms. The summed E-state index contributed by atoms with van der Waals surface area (Å²) in [5, 5.41) is 18.5. The highest BCUT2D eigenvalue weighted by molar-refractivity contribution is 5.22. The third-order valence-corrected chi connectivity index (χ3v) is 2.61. The van der Waals surface area contributed by atoms with E-state index in [0.717, 1.165) is 23.5 Å². The van der Waals surface area contributed by atoms with Crippen LogP contribution in [-0.4, -0.2) is 24.7 Å². The number of hydrogen-bond donors (Lipinski definition) is 1. The average molecular weight is 220 g/mol. The highest BCUT2D eigenvalue weighted by Gasteiger charge is 2.16. The number of hydrogen-bond acceptors (Lipinski definition) is 3. The van der Waals surface area contributed by atoms with Crippen LogP contribution in [0.1, 0.15) is 30.0 Å². The molecule has 1 unspecified atom stereocenters. The first kappa shape index (κ1) is 10.9. The van der Waals surface area contributed by atoms with Gasteiger partial charge in [-0.1, -0.05) is 0 Å². The molecule has 0 saturated carbocycles. The quantitative estimate of drug-likeness (QED) is 0.840. The SMILES string of the molecule is CCn1cc(C(O)c2cc(C)nn2C)cn1. The van der Waals surface area contributed by atoms with Gasteiger partial charge in [-0.25, -0.2) is 0 Å². The van der Waals surface area contributed by atoms with E-state index in [0.29, 0.717) is 0 Å². The molecule has 2 heterocycles. The molecule has 0 radical (unpaired) electrons. The molecule has 1 atom stereocenters. The largest absolute Gasteiger partial charge is 0.382 e. The summed E-state index contributed by atoms with van der Waals surface area (Å²) < 4.78 is 3.49. The maximum absolute atomic E-state index is 10.2. The van der Waals surface area contributed by atoms with Crippen molar-refractivity contribution in [1.29, 1.82) is 0 Å². The zero-order chi connectivity index (χ0) is 11.7. The molecule has 0 aliphatic carbocycles. The number of aliphatic hydroxyl groups is 1. The Bertz CT molecular complexity index is 486. The van der Waals surface area contributed by atoms with Gasteiger partial charge in [0.2, 0.25) is 0 Å². The number of aliphatic hydroxyl groups excluding tert-OH is 1. The van der Waals surface area contributed by atoms with Crippen molar-refractivity contribution in [2.45, 2.75) is 26.5 Å². The minimum atomic E-state index is -0.661. The standard InChI is InChI=1S/C11H16N4O/c1-4-15-7-9(6-12-15)11(16)10-5-8(2)13-14(10)3/h5-7,11,16H,4H2,1-3H3. The Morgan fingerprint density at radius 3 is 2.75 bits per heavy atom.